The molecule has 4 radical (unpaired) electrons. The molecule has 3 atom stereocenters. The maximum absolute atomic E-state index is 13.6. The van der Waals surface area contributed by atoms with Gasteiger partial charge in [-0.25, -0.2) is 39.1 Å². The third kappa shape index (κ3) is 46.2. The van der Waals surface area contributed by atoms with Gasteiger partial charge in [0, 0.05) is 32.3 Å². The van der Waals surface area contributed by atoms with Gasteiger partial charge in [-0.05, 0) is 211 Å². The first-order valence-electron chi connectivity index (χ1n) is 42.4. The Balaban J connectivity index is -0.00000148. The minimum Gasteiger partial charge on any atom is -1.00 e. The van der Waals surface area contributed by atoms with Gasteiger partial charge in [-0.1, -0.05) is 176 Å². The van der Waals surface area contributed by atoms with Gasteiger partial charge in [-0.3, -0.25) is 9.59 Å². The summed E-state index contributed by atoms with van der Waals surface area (Å²) in [4.78, 5) is 58.0. The number of carboxylic acids is 1. The number of hydrogen-bond donors (Lipinski definition) is 6. The van der Waals surface area contributed by atoms with Crippen LogP contribution in [0.1, 0.15) is 228 Å². The van der Waals surface area contributed by atoms with Gasteiger partial charge < -0.3 is 61.0 Å². The van der Waals surface area contributed by atoms with E-state index in [0.717, 1.165) is 50.8 Å². The number of carbonyl (C=O) groups excluding carboxylic acids is 2. The second kappa shape index (κ2) is 69.2. The molecule has 0 fully saturated rings. The Kier molecular flexibility index (Phi) is 67.2. The van der Waals surface area contributed by atoms with E-state index < -0.39 is 53.9 Å². The Bertz CT molecular complexity index is 5210. The average molecular weight is 2270 g/mol. The number of thiophene rings is 1. The van der Waals surface area contributed by atoms with Crippen LogP contribution in [0.4, 0.5) is 4.39 Å². The van der Waals surface area contributed by atoms with Crippen LogP contribution >= 0.6 is 124 Å². The molecule has 7 heterocycles. The molecule has 3 aromatic carbocycles. The monoisotopic (exact) mass is 2260 g/mol. The number of ether oxygens (including phenoxy) is 6. The molecule has 0 saturated carbocycles. The second-order valence-corrected chi connectivity index (χ2v) is 48.5. The number of aryl methyl sites for hydroxylation is 6. The molecule has 135 heavy (non-hydrogen) atoms. The van der Waals surface area contributed by atoms with Crippen LogP contribution in [0.5, 0.6) is 23.0 Å². The van der Waals surface area contributed by atoms with Gasteiger partial charge in [0.25, 0.3) is 0 Å². The van der Waals surface area contributed by atoms with Crippen molar-refractivity contribution in [2.45, 2.75) is 205 Å². The zero-order valence-electron chi connectivity index (χ0n) is 81.1. The van der Waals surface area contributed by atoms with Gasteiger partial charge in [0.2, 0.25) is 0 Å². The number of rotatable bonds is 35. The number of alkyl halides is 2. The number of unbranched alkanes of at least 4 members (excludes halogenated alkanes) is 3. The predicted octanol–water partition coefficient (Wildman–Crippen LogP) is 23.2. The number of carboxylic acid groups (broad SMARTS) is 1. The Hall–Kier alpha value is -5.78. The number of aliphatic hydroxyl groups excluding tert-OH is 3. The summed E-state index contributed by atoms with van der Waals surface area (Å²) in [6.45, 7) is 38.8. The molecule has 22 nitrogen and oxygen atoms in total. The molecule has 7 N–H and O–H groups in total. The van der Waals surface area contributed by atoms with E-state index in [1.165, 1.54) is 114 Å². The smallest absolute Gasteiger partial charge is 1.00 e. The SMILES string of the molecule is C.C=C(OCC)c1ccc(C)c(Cl)n1.C=[C](OCC)[Sn]([CH2]CCC)([CH2]CCC)[CH2]CCC.CC(C)(O)C(C)(C)O[B]c1csc2c(F)cccc12.COc1ccc(C(=O)CCC(O)c2ccc(C)c(Cl)n2)cc1OC.COc1ccc(C(=O)O)cc1OC.Cc1ccc(C(=O)CBr)nc1Cl.Cc1ccc(C(O)CBr)nc1Cl.Cc1ccc(C(O)CN)nc1Cl.Cc1ccc(Cl)nc1Cl.[B].[H-].[Na+]. The Morgan fingerprint density at radius 2 is 0.948 bits per heavy atom. The maximum Gasteiger partial charge on any atom is 1.00 e. The minimum absolute atomic E-state index is 0. The van der Waals surface area contributed by atoms with Crippen molar-refractivity contribution >= 4 is 198 Å². The molecule has 10 rings (SSSR count). The van der Waals surface area contributed by atoms with E-state index in [9.17, 15) is 39.2 Å². The summed E-state index contributed by atoms with van der Waals surface area (Å²) in [5, 5.41) is 54.0. The molecular weight excluding hydrogens is 2140 g/mol. The largest absolute Gasteiger partial charge is 1.00 e. The van der Waals surface area contributed by atoms with E-state index in [0.29, 0.717) is 115 Å². The molecule has 37 heteroatoms. The summed E-state index contributed by atoms with van der Waals surface area (Å²) in [6, 6.07) is 35.8. The fourth-order valence-corrected chi connectivity index (χ4v) is 28.4. The van der Waals surface area contributed by atoms with Gasteiger partial charge in [0.15, 0.2) is 34.6 Å². The topological polar surface area (TPSA) is 320 Å². The van der Waals surface area contributed by atoms with Gasteiger partial charge in [-0.2, -0.15) is 0 Å². The number of aromatic nitrogens is 6. The van der Waals surface area contributed by atoms with Crippen LogP contribution in [0.15, 0.2) is 150 Å². The first-order chi connectivity index (χ1) is 62.3. The quantitative estimate of drug-likeness (QED) is 0.00706. The van der Waals surface area contributed by atoms with Crippen LogP contribution in [0, 0.1) is 47.4 Å². The van der Waals surface area contributed by atoms with Crippen LogP contribution in [0.3, 0.4) is 0 Å². The second-order valence-electron chi connectivity index (χ2n) is 30.7. The molecule has 0 aliphatic rings. The summed E-state index contributed by atoms with van der Waals surface area (Å²) >= 11 is 45.5. The molecule has 0 aliphatic heterocycles. The fourth-order valence-electron chi connectivity index (χ4n) is 11.1. The van der Waals surface area contributed by atoms with Crippen LogP contribution in [-0.2, 0) is 14.1 Å². The number of carbonyl (C=O) groups is 3. The summed E-state index contributed by atoms with van der Waals surface area (Å²) in [5.41, 5.74) is 13.2. The number of pyridine rings is 6. The number of benzene rings is 3. The average Bonchev–Trinajstić information content (AvgIpc) is 1.63. The third-order valence-electron chi connectivity index (χ3n) is 20.1. The van der Waals surface area contributed by atoms with Gasteiger partial charge in [0.05, 0.1) is 85.0 Å². The Morgan fingerprint density at radius 3 is 1.33 bits per heavy atom. The van der Waals surface area contributed by atoms with Crippen LogP contribution in [-0.4, -0.2) is 177 Å². The van der Waals surface area contributed by atoms with Crippen LogP contribution < -0.4 is 59.7 Å². The van der Waals surface area contributed by atoms with Crippen LogP contribution in [0.2, 0.25) is 49.4 Å². The molecule has 734 valence electrons. The number of aliphatic hydroxyl groups is 4. The standard InChI is InChI=1S/C18H20ClNO4.C14H17BFO2S.C10H12ClNO.C9H10O4.C8H9BrClNO.C8H7BrClNO.C8H11ClN2O.C6H5Cl2N.C4H7O.3C4H9.CH4.B.Na.Sn.H/c1-11-4-6-13(20-18(11)19)15(22)8-7-14(21)12-5-9-16(23-2)17(10-12)24-3;1-13(2,17)14(3,4)18-15-10-8-19-12-9(10)6-5-7-11(12)16;1-4-13-8(3)9-6-5-7(2)10(11)12-9;1-12-7-4-3-6(9(10)11)5-8(7)13-2;2*1-5-2-3-6(7(12)4-9)11-8(5)10;1-5-2-3-6(7(12)4-10)11-8(5)9;1-4-2-3-5(7)9-6(4)8;1-3-5-4-2;3*1-3-4-2;;;;;/h4-6,9-10,15,22H,7-8H2,1-3H3;5-8,17H,1-4H3;5-6H,3-4H2,1-2H3;3-5H,1-2H3,(H,10,11);2-3,7,12H,4H2,1H3;2-3H,4H2,1H3;2-3,7,12H,4,10H2,1H3;2-3H,1H3;1,4H2,2H3;3*1,3-4H2,2H3;1H4;;;;/q;;;;;;;;;;;;;;+1;;-1. The van der Waals surface area contributed by atoms with E-state index in [1.54, 1.807) is 94.1 Å². The first-order valence-corrected chi connectivity index (χ1v) is 55.6. The van der Waals surface area contributed by atoms with Crippen molar-refractivity contribution in [1.29, 1.82) is 0 Å². The summed E-state index contributed by atoms with van der Waals surface area (Å²) in [5.74, 6) is 1.21. The first kappa shape index (κ1) is 131. The molecular formula is C98H130B2Br2Cl7FN7NaO15SSn. The molecule has 10 aromatic rings. The normalized spacial score (nSPS) is 11.2. The van der Waals surface area contributed by atoms with Crippen LogP contribution in [0.25, 0.3) is 15.8 Å². The number of hydrogen-bond acceptors (Lipinski definition) is 22. The minimum atomic E-state index is -2.24. The molecule has 3 unspecified atom stereocenters. The van der Waals surface area contributed by atoms with Crippen molar-refractivity contribution in [2.75, 3.05) is 58.9 Å². The van der Waals surface area contributed by atoms with Crippen molar-refractivity contribution in [3.8, 4) is 23.0 Å². The van der Waals surface area contributed by atoms with E-state index >= 15 is 0 Å². The third-order valence-corrected chi connectivity index (χ3v) is 39.8. The molecule has 7 aromatic heterocycles. The van der Waals surface area contributed by atoms with Crippen molar-refractivity contribution in [3.63, 3.8) is 0 Å². The summed E-state index contributed by atoms with van der Waals surface area (Å²) in [6.07, 6.45) is 6.41. The van der Waals surface area contributed by atoms with E-state index in [1.807, 2.05) is 104 Å². The summed E-state index contributed by atoms with van der Waals surface area (Å²) in [7, 11) is 7.61. The number of aromatic carboxylic acids is 1. The zero-order chi connectivity index (χ0) is 99.8. The number of halogens is 10. The van der Waals surface area contributed by atoms with Gasteiger partial charge >= 0.3 is 163 Å². The van der Waals surface area contributed by atoms with Crippen molar-refractivity contribution < 1.29 is 108 Å². The Morgan fingerprint density at radius 1 is 0.548 bits per heavy atom. The fraction of sp³-hybridized carbons (Fsp3) is 0.418. The van der Waals surface area contributed by atoms with E-state index in [4.69, 9.17) is 125 Å². The number of Topliss-reactive ketones (excluding diaryl/α,β-unsaturated/α-hetero) is 2. The number of nitrogens with zero attached hydrogens (tertiary/aromatic N) is 6. The number of ketones is 2. The molecule has 0 saturated heterocycles. The summed E-state index contributed by atoms with van der Waals surface area (Å²) < 4.78 is 56.9. The number of fused-ring (bicyclic) bond motifs is 1. The number of nitrogens with two attached hydrogens (primary N) is 1. The van der Waals surface area contributed by atoms with Crippen molar-refractivity contribution in [3.05, 3.63) is 265 Å². The number of methoxy groups -OCH3 is 4. The maximum atomic E-state index is 13.6. The zero-order valence-corrected chi connectivity index (χ0v) is 94.2. The van der Waals surface area contributed by atoms with E-state index in [2.05, 4.69) is 103 Å². The molecule has 0 bridgehead atoms. The molecule has 0 aliphatic carbocycles. The molecule has 0 amide bonds. The van der Waals surface area contributed by atoms with Crippen molar-refractivity contribution in [2.24, 2.45) is 5.73 Å². The van der Waals surface area contributed by atoms with E-state index in [-0.39, 0.29) is 94.5 Å². The van der Waals surface area contributed by atoms with Gasteiger partial charge in [-0.15, -0.1) is 11.3 Å². The predicted molar refractivity (Wildman–Crippen MR) is 563 cm³/mol. The van der Waals surface area contributed by atoms with Gasteiger partial charge in [0.1, 0.15) is 71.2 Å². The van der Waals surface area contributed by atoms with Crippen molar-refractivity contribution in [1.82, 2.24) is 29.9 Å². The Labute approximate surface area is 884 Å². The molecule has 0 spiro atoms.